The summed E-state index contributed by atoms with van der Waals surface area (Å²) in [5, 5.41) is 3.13. The van der Waals surface area contributed by atoms with Gasteiger partial charge in [-0.3, -0.25) is 0 Å². The molecule has 0 aromatic heterocycles. The molecule has 0 aromatic rings. The summed E-state index contributed by atoms with van der Waals surface area (Å²) in [4.78, 5) is 0. The third-order valence-electron chi connectivity index (χ3n) is 3.16. The lowest BCUT2D eigenvalue weighted by molar-refractivity contribution is 0.253. The molecule has 0 amide bonds. The smallest absolute Gasteiger partial charge is 0.281 e. The maximum Gasteiger partial charge on any atom is 0.281 e. The lowest BCUT2D eigenvalue weighted by atomic mass is 9.95. The SMILES string of the molecule is CNCCC1CCN(S(=O)(=O)N(C)C)CC1. The number of hydrogen-bond donors (Lipinski definition) is 1. The lowest BCUT2D eigenvalue weighted by Gasteiger charge is -2.32. The summed E-state index contributed by atoms with van der Waals surface area (Å²) < 4.78 is 26.6. The van der Waals surface area contributed by atoms with Crippen molar-refractivity contribution in [2.24, 2.45) is 5.92 Å². The Balaban J connectivity index is 2.43. The molecule has 1 N–H and O–H groups in total. The number of hydrogen-bond acceptors (Lipinski definition) is 3. The van der Waals surface area contributed by atoms with Crippen molar-refractivity contribution in [3.8, 4) is 0 Å². The minimum absolute atomic E-state index is 0.662. The highest BCUT2D eigenvalue weighted by molar-refractivity contribution is 7.86. The Morgan fingerprint density at radius 2 is 1.88 bits per heavy atom. The van der Waals surface area contributed by atoms with Crippen LogP contribution in [0.25, 0.3) is 0 Å². The van der Waals surface area contributed by atoms with Crippen molar-refractivity contribution in [3.05, 3.63) is 0 Å². The van der Waals surface area contributed by atoms with Gasteiger partial charge in [0.25, 0.3) is 10.2 Å². The van der Waals surface area contributed by atoms with Gasteiger partial charge in [0.15, 0.2) is 0 Å². The van der Waals surface area contributed by atoms with E-state index in [1.165, 1.54) is 4.31 Å². The first kappa shape index (κ1) is 13.9. The fourth-order valence-electron chi connectivity index (χ4n) is 2.01. The second-order valence-corrected chi connectivity index (χ2v) is 6.67. The number of piperidine rings is 1. The predicted octanol–water partition coefficient (Wildman–Crippen LogP) is 0.114. The molecule has 0 saturated carbocycles. The quantitative estimate of drug-likeness (QED) is 0.752. The highest BCUT2D eigenvalue weighted by Crippen LogP contribution is 2.22. The molecule has 16 heavy (non-hydrogen) atoms. The number of rotatable bonds is 5. The van der Waals surface area contributed by atoms with Crippen LogP contribution in [-0.2, 0) is 10.2 Å². The Kier molecular flexibility index (Phi) is 5.17. The van der Waals surface area contributed by atoms with Crippen molar-refractivity contribution >= 4 is 10.2 Å². The Hall–Kier alpha value is -0.170. The lowest BCUT2D eigenvalue weighted by Crippen LogP contribution is -2.44. The minimum Gasteiger partial charge on any atom is -0.320 e. The van der Waals surface area contributed by atoms with Gasteiger partial charge >= 0.3 is 0 Å². The van der Waals surface area contributed by atoms with Gasteiger partial charge in [-0.25, -0.2) is 0 Å². The van der Waals surface area contributed by atoms with Gasteiger partial charge in [-0.1, -0.05) is 0 Å². The standard InChI is InChI=1S/C10H23N3O2S/c1-11-7-4-10-5-8-13(9-6-10)16(14,15)12(2)3/h10-11H,4-9H2,1-3H3. The predicted molar refractivity (Wildman–Crippen MR) is 65.4 cm³/mol. The van der Waals surface area contributed by atoms with Crippen molar-refractivity contribution in [1.29, 1.82) is 0 Å². The van der Waals surface area contributed by atoms with E-state index in [1.54, 1.807) is 18.4 Å². The highest BCUT2D eigenvalue weighted by atomic mass is 32.2. The Labute approximate surface area is 99.0 Å². The van der Waals surface area contributed by atoms with E-state index in [2.05, 4.69) is 5.32 Å². The summed E-state index contributed by atoms with van der Waals surface area (Å²) in [5.41, 5.74) is 0. The summed E-state index contributed by atoms with van der Waals surface area (Å²) in [6.07, 6.45) is 3.11. The zero-order valence-corrected chi connectivity index (χ0v) is 11.3. The molecule has 0 aliphatic carbocycles. The van der Waals surface area contributed by atoms with E-state index in [1.807, 2.05) is 7.05 Å². The molecule has 0 unspecified atom stereocenters. The van der Waals surface area contributed by atoms with Crippen LogP contribution in [-0.4, -0.2) is 57.8 Å². The number of nitrogens with one attached hydrogen (secondary N) is 1. The molecule has 0 bridgehead atoms. The summed E-state index contributed by atoms with van der Waals surface area (Å²) in [6, 6.07) is 0. The Bertz CT molecular complexity index is 295. The molecule has 0 radical (unpaired) electrons. The van der Waals surface area contributed by atoms with Crippen LogP contribution in [0.5, 0.6) is 0 Å². The zero-order chi connectivity index (χ0) is 12.2. The maximum absolute atomic E-state index is 11.8. The molecule has 1 aliphatic heterocycles. The molecular weight excluding hydrogens is 226 g/mol. The van der Waals surface area contributed by atoms with Gasteiger partial charge in [0.1, 0.15) is 0 Å². The normalized spacial score (nSPS) is 20.5. The molecule has 0 atom stereocenters. The molecule has 0 spiro atoms. The van der Waals surface area contributed by atoms with E-state index in [0.29, 0.717) is 19.0 Å². The third-order valence-corrected chi connectivity index (χ3v) is 5.10. The largest absolute Gasteiger partial charge is 0.320 e. The van der Waals surface area contributed by atoms with Crippen LogP contribution in [0.4, 0.5) is 0 Å². The summed E-state index contributed by atoms with van der Waals surface area (Å²) in [6.45, 7) is 2.34. The summed E-state index contributed by atoms with van der Waals surface area (Å²) >= 11 is 0. The van der Waals surface area contributed by atoms with Crippen LogP contribution in [0.2, 0.25) is 0 Å². The van der Waals surface area contributed by atoms with Gasteiger partial charge in [-0.05, 0) is 38.8 Å². The van der Waals surface area contributed by atoms with E-state index in [9.17, 15) is 8.42 Å². The fraction of sp³-hybridized carbons (Fsp3) is 1.00. The molecule has 1 rings (SSSR count). The summed E-state index contributed by atoms with van der Waals surface area (Å²) in [7, 11) is 1.93. The van der Waals surface area contributed by atoms with Crippen LogP contribution in [0.15, 0.2) is 0 Å². The van der Waals surface area contributed by atoms with Crippen LogP contribution >= 0.6 is 0 Å². The van der Waals surface area contributed by atoms with E-state index in [0.717, 1.165) is 25.8 Å². The van der Waals surface area contributed by atoms with Crippen molar-refractivity contribution in [2.75, 3.05) is 40.8 Å². The zero-order valence-electron chi connectivity index (χ0n) is 10.4. The maximum atomic E-state index is 11.8. The summed E-state index contributed by atoms with van der Waals surface area (Å²) in [5.74, 6) is 0.668. The molecule has 6 heteroatoms. The molecule has 5 nitrogen and oxygen atoms in total. The molecular formula is C10H23N3O2S. The van der Waals surface area contributed by atoms with Gasteiger partial charge in [-0.15, -0.1) is 0 Å². The Morgan fingerprint density at radius 1 is 1.31 bits per heavy atom. The van der Waals surface area contributed by atoms with E-state index in [-0.39, 0.29) is 0 Å². The van der Waals surface area contributed by atoms with Gasteiger partial charge in [0.05, 0.1) is 0 Å². The Morgan fingerprint density at radius 3 is 2.31 bits per heavy atom. The second kappa shape index (κ2) is 5.95. The van der Waals surface area contributed by atoms with Crippen LogP contribution in [0.3, 0.4) is 0 Å². The van der Waals surface area contributed by atoms with E-state index in [4.69, 9.17) is 0 Å². The minimum atomic E-state index is -3.19. The molecule has 0 aromatic carbocycles. The van der Waals surface area contributed by atoms with Crippen LogP contribution in [0, 0.1) is 5.92 Å². The van der Waals surface area contributed by atoms with Crippen LogP contribution < -0.4 is 5.32 Å². The molecule has 96 valence electrons. The highest BCUT2D eigenvalue weighted by Gasteiger charge is 2.28. The molecule has 1 fully saturated rings. The molecule has 1 heterocycles. The average molecular weight is 249 g/mol. The van der Waals surface area contributed by atoms with E-state index < -0.39 is 10.2 Å². The third kappa shape index (κ3) is 3.41. The van der Waals surface area contributed by atoms with Crippen molar-refractivity contribution < 1.29 is 8.42 Å². The van der Waals surface area contributed by atoms with E-state index >= 15 is 0 Å². The first-order valence-corrected chi connectivity index (χ1v) is 7.20. The second-order valence-electron chi connectivity index (χ2n) is 4.52. The van der Waals surface area contributed by atoms with Crippen molar-refractivity contribution in [3.63, 3.8) is 0 Å². The first-order chi connectivity index (χ1) is 7.48. The fourth-order valence-corrected chi connectivity index (χ4v) is 3.14. The van der Waals surface area contributed by atoms with Crippen molar-refractivity contribution in [2.45, 2.75) is 19.3 Å². The van der Waals surface area contributed by atoms with Gasteiger partial charge in [0.2, 0.25) is 0 Å². The number of nitrogens with zero attached hydrogens (tertiary/aromatic N) is 2. The van der Waals surface area contributed by atoms with Crippen molar-refractivity contribution in [1.82, 2.24) is 13.9 Å². The van der Waals surface area contributed by atoms with Gasteiger partial charge < -0.3 is 5.32 Å². The first-order valence-electron chi connectivity index (χ1n) is 5.80. The molecule has 1 saturated heterocycles. The molecule has 1 aliphatic rings. The topological polar surface area (TPSA) is 52.7 Å². The van der Waals surface area contributed by atoms with Gasteiger partial charge in [0, 0.05) is 27.2 Å². The average Bonchev–Trinajstić information content (AvgIpc) is 2.26. The van der Waals surface area contributed by atoms with Gasteiger partial charge in [-0.2, -0.15) is 17.0 Å². The monoisotopic (exact) mass is 249 g/mol. The van der Waals surface area contributed by atoms with Crippen LogP contribution in [0.1, 0.15) is 19.3 Å².